The van der Waals surface area contributed by atoms with E-state index in [2.05, 4.69) is 10.4 Å². The van der Waals surface area contributed by atoms with Crippen LogP contribution in [0.25, 0.3) is 0 Å². The molecule has 8 nitrogen and oxygen atoms in total. The van der Waals surface area contributed by atoms with Crippen molar-refractivity contribution >= 4 is 23.6 Å². The minimum Gasteiger partial charge on any atom is -0.477 e. The summed E-state index contributed by atoms with van der Waals surface area (Å²) >= 11 is 0. The van der Waals surface area contributed by atoms with Crippen molar-refractivity contribution in [3.8, 4) is 0 Å². The van der Waals surface area contributed by atoms with Crippen LogP contribution in [0, 0.1) is 6.92 Å². The number of nitrogens with one attached hydrogen (secondary N) is 1. The first-order valence-corrected chi connectivity index (χ1v) is 5.24. The predicted molar refractivity (Wildman–Crippen MR) is 60.3 cm³/mol. The lowest BCUT2D eigenvalue weighted by atomic mass is 10.2. The molecule has 0 bridgehead atoms. The van der Waals surface area contributed by atoms with Crippen LogP contribution in [0.5, 0.6) is 0 Å². The second-order valence-corrected chi connectivity index (χ2v) is 4.04. The monoisotopic (exact) mass is 252 g/mol. The number of hydrogen-bond donors (Lipinski definition) is 2. The fourth-order valence-electron chi connectivity index (χ4n) is 2.05. The molecule has 1 aliphatic rings. The molecular weight excluding hydrogens is 240 g/mol. The Kier molecular flexibility index (Phi) is 2.77. The Labute approximate surface area is 102 Å². The number of imide groups is 1. The van der Waals surface area contributed by atoms with E-state index >= 15 is 0 Å². The average molecular weight is 252 g/mol. The molecule has 0 saturated carbocycles. The molecule has 8 heteroatoms. The number of piperazine rings is 1. The highest BCUT2D eigenvalue weighted by molar-refractivity contribution is 6.04. The number of carbonyl (C=O) groups is 3. The smallest absolute Gasteiger partial charge is 0.341 e. The number of carboxylic acids is 1. The summed E-state index contributed by atoms with van der Waals surface area (Å²) in [5, 5.41) is 15.3. The molecule has 1 aromatic heterocycles. The molecule has 96 valence electrons. The molecule has 18 heavy (non-hydrogen) atoms. The normalized spacial score (nSPS) is 15.8. The van der Waals surface area contributed by atoms with E-state index in [1.54, 1.807) is 14.0 Å². The van der Waals surface area contributed by atoms with Gasteiger partial charge in [0.25, 0.3) is 0 Å². The standard InChI is InChI=1S/C10H12N4O4/c1-5-8(10(17)18)9(13(2)12-5)14-3-6(15)11-7(16)4-14/h3-4H2,1-2H3,(H,17,18)(H,11,15,16). The lowest BCUT2D eigenvalue weighted by Crippen LogP contribution is -2.52. The van der Waals surface area contributed by atoms with Gasteiger partial charge in [-0.15, -0.1) is 0 Å². The van der Waals surface area contributed by atoms with Crippen LogP contribution in [0.4, 0.5) is 5.82 Å². The molecule has 2 N–H and O–H groups in total. The summed E-state index contributed by atoms with van der Waals surface area (Å²) in [6.07, 6.45) is 0. The second-order valence-electron chi connectivity index (χ2n) is 4.04. The lowest BCUT2D eigenvalue weighted by molar-refractivity contribution is -0.130. The Morgan fingerprint density at radius 2 is 1.89 bits per heavy atom. The Bertz CT molecular complexity index is 532. The van der Waals surface area contributed by atoms with Crippen molar-refractivity contribution in [3.63, 3.8) is 0 Å². The molecule has 0 unspecified atom stereocenters. The maximum Gasteiger partial charge on any atom is 0.341 e. The molecule has 0 aromatic carbocycles. The maximum absolute atomic E-state index is 11.3. The number of rotatable bonds is 2. The quantitative estimate of drug-likeness (QED) is 0.647. The SMILES string of the molecule is Cc1nn(C)c(N2CC(=O)NC(=O)C2)c1C(=O)O. The number of carbonyl (C=O) groups excluding carboxylic acids is 2. The van der Waals surface area contributed by atoms with Gasteiger partial charge in [0.05, 0.1) is 18.8 Å². The van der Waals surface area contributed by atoms with E-state index in [0.29, 0.717) is 5.69 Å². The van der Waals surface area contributed by atoms with Crippen LogP contribution >= 0.6 is 0 Å². The molecule has 0 atom stereocenters. The van der Waals surface area contributed by atoms with Gasteiger partial charge in [0.15, 0.2) is 0 Å². The van der Waals surface area contributed by atoms with Crippen LogP contribution in [0.15, 0.2) is 0 Å². The zero-order chi connectivity index (χ0) is 13.4. The van der Waals surface area contributed by atoms with Crippen molar-refractivity contribution < 1.29 is 19.5 Å². The van der Waals surface area contributed by atoms with Gasteiger partial charge in [-0.25, -0.2) is 4.79 Å². The number of amides is 2. The number of aryl methyl sites for hydroxylation is 2. The molecule has 1 saturated heterocycles. The average Bonchev–Trinajstić information content (AvgIpc) is 2.51. The highest BCUT2D eigenvalue weighted by atomic mass is 16.4. The topological polar surface area (TPSA) is 105 Å². The summed E-state index contributed by atoms with van der Waals surface area (Å²) in [7, 11) is 1.58. The lowest BCUT2D eigenvalue weighted by Gasteiger charge is -2.27. The number of carboxylic acid groups (broad SMARTS) is 1. The van der Waals surface area contributed by atoms with Crippen LogP contribution in [0.2, 0.25) is 0 Å². The van der Waals surface area contributed by atoms with Gasteiger partial charge >= 0.3 is 5.97 Å². The summed E-state index contributed by atoms with van der Waals surface area (Å²) in [5.74, 6) is -1.78. The van der Waals surface area contributed by atoms with Gasteiger partial charge < -0.3 is 10.0 Å². The van der Waals surface area contributed by atoms with E-state index in [1.807, 2.05) is 0 Å². The van der Waals surface area contributed by atoms with E-state index in [-0.39, 0.29) is 24.5 Å². The summed E-state index contributed by atoms with van der Waals surface area (Å²) in [5.41, 5.74) is 0.360. The van der Waals surface area contributed by atoms with Crippen molar-refractivity contribution in [1.29, 1.82) is 0 Å². The molecule has 0 radical (unpaired) electrons. The maximum atomic E-state index is 11.3. The first kappa shape index (κ1) is 12.1. The van der Waals surface area contributed by atoms with Gasteiger partial charge in [-0.05, 0) is 6.92 Å². The van der Waals surface area contributed by atoms with Crippen molar-refractivity contribution in [2.24, 2.45) is 7.05 Å². The fourth-order valence-corrected chi connectivity index (χ4v) is 2.05. The summed E-state index contributed by atoms with van der Waals surface area (Å²) in [6.45, 7) is 1.44. The van der Waals surface area contributed by atoms with Crippen molar-refractivity contribution in [2.75, 3.05) is 18.0 Å². The van der Waals surface area contributed by atoms with Gasteiger partial charge in [0, 0.05) is 7.05 Å². The molecule has 0 spiro atoms. The van der Waals surface area contributed by atoms with Gasteiger partial charge in [-0.3, -0.25) is 19.6 Å². The third kappa shape index (κ3) is 1.92. The summed E-state index contributed by atoms with van der Waals surface area (Å²) in [4.78, 5) is 35.2. The predicted octanol–water partition coefficient (Wildman–Crippen LogP) is -1.11. The Balaban J connectivity index is 2.47. The minimum atomic E-state index is -1.13. The van der Waals surface area contributed by atoms with Crippen LogP contribution in [-0.4, -0.2) is 45.8 Å². The molecule has 1 fully saturated rings. The van der Waals surface area contributed by atoms with Gasteiger partial charge in [-0.1, -0.05) is 0 Å². The number of nitrogens with zero attached hydrogens (tertiary/aromatic N) is 3. The van der Waals surface area contributed by atoms with Crippen molar-refractivity contribution in [2.45, 2.75) is 6.92 Å². The number of aromatic carboxylic acids is 1. The number of aromatic nitrogens is 2. The van der Waals surface area contributed by atoms with Gasteiger partial charge in [0.2, 0.25) is 11.8 Å². The zero-order valence-corrected chi connectivity index (χ0v) is 9.93. The second kappa shape index (κ2) is 4.13. The van der Waals surface area contributed by atoms with Crippen LogP contribution in [0.1, 0.15) is 16.1 Å². The largest absolute Gasteiger partial charge is 0.477 e. The minimum absolute atomic E-state index is 0.0139. The Morgan fingerprint density at radius 3 is 2.39 bits per heavy atom. The highest BCUT2D eigenvalue weighted by Crippen LogP contribution is 2.23. The van der Waals surface area contributed by atoms with Crippen LogP contribution in [-0.2, 0) is 16.6 Å². The molecule has 2 heterocycles. The molecule has 1 aliphatic heterocycles. The Morgan fingerprint density at radius 1 is 1.33 bits per heavy atom. The molecular formula is C10H12N4O4. The third-order valence-corrected chi connectivity index (χ3v) is 2.65. The van der Waals surface area contributed by atoms with E-state index in [0.717, 1.165) is 0 Å². The molecule has 0 aliphatic carbocycles. The first-order chi connectivity index (χ1) is 8.40. The number of anilines is 1. The Hall–Kier alpha value is -2.38. The zero-order valence-electron chi connectivity index (χ0n) is 9.93. The van der Waals surface area contributed by atoms with E-state index in [4.69, 9.17) is 5.11 Å². The molecule has 1 aromatic rings. The van der Waals surface area contributed by atoms with Crippen molar-refractivity contribution in [1.82, 2.24) is 15.1 Å². The fraction of sp³-hybridized carbons (Fsp3) is 0.400. The summed E-state index contributed by atoms with van der Waals surface area (Å²) in [6, 6.07) is 0. The van der Waals surface area contributed by atoms with Gasteiger partial charge in [-0.2, -0.15) is 5.10 Å². The van der Waals surface area contributed by atoms with E-state index in [9.17, 15) is 14.4 Å². The summed E-state index contributed by atoms with van der Waals surface area (Å²) < 4.78 is 1.37. The third-order valence-electron chi connectivity index (χ3n) is 2.65. The van der Waals surface area contributed by atoms with E-state index in [1.165, 1.54) is 9.58 Å². The number of hydrogen-bond acceptors (Lipinski definition) is 5. The molecule has 2 rings (SSSR count). The molecule has 2 amide bonds. The highest BCUT2D eigenvalue weighted by Gasteiger charge is 2.30. The van der Waals surface area contributed by atoms with Crippen LogP contribution in [0.3, 0.4) is 0 Å². The van der Waals surface area contributed by atoms with E-state index < -0.39 is 17.8 Å². The first-order valence-electron chi connectivity index (χ1n) is 5.24. The van der Waals surface area contributed by atoms with Gasteiger partial charge in [0.1, 0.15) is 11.4 Å². The van der Waals surface area contributed by atoms with Crippen molar-refractivity contribution in [3.05, 3.63) is 11.3 Å². The van der Waals surface area contributed by atoms with Crippen LogP contribution < -0.4 is 10.2 Å².